The molecule has 3 atom stereocenters. The van der Waals surface area contributed by atoms with Crippen LogP contribution in [0.2, 0.25) is 0 Å². The second-order valence-corrected chi connectivity index (χ2v) is 5.32. The number of carbonyl (C=O) groups excluding carboxylic acids is 1. The quantitative estimate of drug-likeness (QED) is 0.746. The number of hydrogen-bond donors (Lipinski definition) is 2. The molecule has 1 saturated heterocycles. The predicted octanol–water partition coefficient (Wildman–Crippen LogP) is 1.70. The van der Waals surface area contributed by atoms with E-state index in [1.54, 1.807) is 4.90 Å². The van der Waals surface area contributed by atoms with Gasteiger partial charge in [0.25, 0.3) is 0 Å². The van der Waals surface area contributed by atoms with E-state index < -0.39 is 12.0 Å². The van der Waals surface area contributed by atoms with Crippen LogP contribution in [0.5, 0.6) is 0 Å². The number of urea groups is 1. The molecule has 0 aromatic carbocycles. The van der Waals surface area contributed by atoms with Crippen molar-refractivity contribution in [2.24, 2.45) is 5.92 Å². The topological polar surface area (TPSA) is 78.9 Å². The molecular formula is C14H26N2O4. The monoisotopic (exact) mass is 286 g/mol. The van der Waals surface area contributed by atoms with Crippen molar-refractivity contribution in [2.45, 2.75) is 52.2 Å². The maximum absolute atomic E-state index is 12.2. The molecule has 6 nitrogen and oxygen atoms in total. The number of aliphatic carboxylic acids is 1. The highest BCUT2D eigenvalue weighted by atomic mass is 16.5. The first-order valence-corrected chi connectivity index (χ1v) is 7.39. The van der Waals surface area contributed by atoms with Gasteiger partial charge in [0, 0.05) is 19.7 Å². The standard InChI is InChI=1S/C14H26N2O4/c1-4-10(3)12(13(17)18)15-14(19)16(5-2)9-11-7-6-8-20-11/h10-12H,4-9H2,1-3H3,(H,15,19)(H,17,18)/t10-,11?,12-/m0/s1. The van der Waals surface area contributed by atoms with Crippen molar-refractivity contribution in [3.05, 3.63) is 0 Å². The molecule has 0 aromatic rings. The first kappa shape index (κ1) is 16.8. The zero-order valence-corrected chi connectivity index (χ0v) is 12.6. The average Bonchev–Trinajstić information content (AvgIpc) is 2.93. The van der Waals surface area contributed by atoms with E-state index >= 15 is 0 Å². The van der Waals surface area contributed by atoms with Gasteiger partial charge in [-0.1, -0.05) is 20.3 Å². The first-order valence-electron chi connectivity index (χ1n) is 7.39. The fourth-order valence-corrected chi connectivity index (χ4v) is 2.30. The number of carbonyl (C=O) groups is 2. The van der Waals surface area contributed by atoms with E-state index in [2.05, 4.69) is 5.32 Å². The van der Waals surface area contributed by atoms with Crippen molar-refractivity contribution in [2.75, 3.05) is 19.7 Å². The summed E-state index contributed by atoms with van der Waals surface area (Å²) in [7, 11) is 0. The van der Waals surface area contributed by atoms with Crippen molar-refractivity contribution in [3.8, 4) is 0 Å². The van der Waals surface area contributed by atoms with E-state index in [0.29, 0.717) is 19.5 Å². The van der Waals surface area contributed by atoms with Crippen molar-refractivity contribution >= 4 is 12.0 Å². The fourth-order valence-electron chi connectivity index (χ4n) is 2.30. The molecule has 0 spiro atoms. The van der Waals surface area contributed by atoms with E-state index in [4.69, 9.17) is 4.74 Å². The summed E-state index contributed by atoms with van der Waals surface area (Å²) in [5, 5.41) is 11.8. The highest BCUT2D eigenvalue weighted by molar-refractivity contribution is 5.82. The van der Waals surface area contributed by atoms with Crippen LogP contribution in [0.1, 0.15) is 40.0 Å². The van der Waals surface area contributed by atoms with Crippen LogP contribution < -0.4 is 5.32 Å². The summed E-state index contributed by atoms with van der Waals surface area (Å²) in [6.45, 7) is 7.43. The Morgan fingerprint density at radius 2 is 2.15 bits per heavy atom. The molecule has 1 aliphatic rings. The molecule has 0 aromatic heterocycles. The fraction of sp³-hybridized carbons (Fsp3) is 0.857. The molecule has 0 saturated carbocycles. The van der Waals surface area contributed by atoms with E-state index in [9.17, 15) is 14.7 Å². The normalized spacial score (nSPS) is 21.2. The van der Waals surface area contributed by atoms with Gasteiger partial charge < -0.3 is 20.1 Å². The van der Waals surface area contributed by atoms with E-state index in [1.165, 1.54) is 0 Å². The minimum Gasteiger partial charge on any atom is -0.480 e. The summed E-state index contributed by atoms with van der Waals surface area (Å²) >= 11 is 0. The molecule has 0 radical (unpaired) electrons. The minimum absolute atomic E-state index is 0.0765. The minimum atomic E-state index is -0.985. The van der Waals surface area contributed by atoms with Crippen LogP contribution in [-0.4, -0.2) is 53.8 Å². The number of amides is 2. The van der Waals surface area contributed by atoms with Gasteiger partial charge in [0.05, 0.1) is 6.10 Å². The van der Waals surface area contributed by atoms with Crippen LogP contribution >= 0.6 is 0 Å². The molecule has 2 amide bonds. The van der Waals surface area contributed by atoms with E-state index in [0.717, 1.165) is 19.4 Å². The van der Waals surface area contributed by atoms with Crippen LogP contribution in [0.4, 0.5) is 4.79 Å². The van der Waals surface area contributed by atoms with E-state index in [-0.39, 0.29) is 18.1 Å². The molecule has 1 unspecified atom stereocenters. The Kier molecular flexibility index (Phi) is 6.78. The maximum atomic E-state index is 12.2. The molecule has 2 N–H and O–H groups in total. The molecule has 1 fully saturated rings. The molecule has 1 aliphatic heterocycles. The molecule has 0 aliphatic carbocycles. The summed E-state index contributed by atoms with van der Waals surface area (Å²) in [6.07, 6.45) is 2.76. The predicted molar refractivity (Wildman–Crippen MR) is 75.6 cm³/mol. The third-order valence-corrected chi connectivity index (χ3v) is 3.87. The van der Waals surface area contributed by atoms with Gasteiger partial charge in [-0.2, -0.15) is 0 Å². The molecule has 1 rings (SSSR count). The second kappa shape index (κ2) is 8.09. The summed E-state index contributed by atoms with van der Waals surface area (Å²) < 4.78 is 5.52. The summed E-state index contributed by atoms with van der Waals surface area (Å²) in [4.78, 5) is 25.0. The molecule has 116 valence electrons. The van der Waals surface area contributed by atoms with Crippen molar-refractivity contribution in [1.29, 1.82) is 0 Å². The van der Waals surface area contributed by atoms with Gasteiger partial charge >= 0.3 is 12.0 Å². The van der Waals surface area contributed by atoms with Crippen LogP contribution in [-0.2, 0) is 9.53 Å². The smallest absolute Gasteiger partial charge is 0.326 e. The second-order valence-electron chi connectivity index (χ2n) is 5.32. The number of ether oxygens (including phenoxy) is 1. The number of nitrogens with zero attached hydrogens (tertiary/aromatic N) is 1. The van der Waals surface area contributed by atoms with Crippen molar-refractivity contribution < 1.29 is 19.4 Å². The Labute approximate surface area is 120 Å². The summed E-state index contributed by atoms with van der Waals surface area (Å²) in [5.41, 5.74) is 0. The SMILES string of the molecule is CC[C@H](C)[C@H](NC(=O)N(CC)CC1CCCO1)C(=O)O. The van der Waals surface area contributed by atoms with Crippen molar-refractivity contribution in [3.63, 3.8) is 0 Å². The lowest BCUT2D eigenvalue weighted by molar-refractivity contribution is -0.140. The van der Waals surface area contributed by atoms with Gasteiger partial charge in [0.15, 0.2) is 0 Å². The van der Waals surface area contributed by atoms with Crippen LogP contribution in [0.25, 0.3) is 0 Å². The number of likely N-dealkylation sites (N-methyl/N-ethyl adjacent to an activating group) is 1. The molecule has 1 heterocycles. The maximum Gasteiger partial charge on any atom is 0.326 e. The number of carboxylic acid groups (broad SMARTS) is 1. The highest BCUT2D eigenvalue weighted by Crippen LogP contribution is 2.14. The van der Waals surface area contributed by atoms with Gasteiger partial charge in [0.1, 0.15) is 6.04 Å². The van der Waals surface area contributed by atoms with Crippen LogP contribution in [0.15, 0.2) is 0 Å². The number of hydrogen-bond acceptors (Lipinski definition) is 3. The molecular weight excluding hydrogens is 260 g/mol. The van der Waals surface area contributed by atoms with E-state index in [1.807, 2.05) is 20.8 Å². The molecule has 20 heavy (non-hydrogen) atoms. The van der Waals surface area contributed by atoms with Crippen LogP contribution in [0.3, 0.4) is 0 Å². The van der Waals surface area contributed by atoms with Gasteiger partial charge in [-0.15, -0.1) is 0 Å². The Morgan fingerprint density at radius 3 is 2.60 bits per heavy atom. The third kappa shape index (κ3) is 4.67. The van der Waals surface area contributed by atoms with Crippen molar-refractivity contribution in [1.82, 2.24) is 10.2 Å². The number of nitrogens with one attached hydrogen (secondary N) is 1. The molecule has 0 bridgehead atoms. The Balaban J connectivity index is 2.57. The van der Waals surface area contributed by atoms with Gasteiger partial charge in [0.2, 0.25) is 0 Å². The lowest BCUT2D eigenvalue weighted by Gasteiger charge is -2.27. The largest absolute Gasteiger partial charge is 0.480 e. The highest BCUT2D eigenvalue weighted by Gasteiger charge is 2.28. The lowest BCUT2D eigenvalue weighted by atomic mass is 9.99. The average molecular weight is 286 g/mol. The Bertz CT molecular complexity index is 329. The van der Waals surface area contributed by atoms with Gasteiger partial charge in [-0.25, -0.2) is 9.59 Å². The first-order chi connectivity index (χ1) is 9.49. The van der Waals surface area contributed by atoms with Gasteiger partial charge in [-0.3, -0.25) is 0 Å². The molecule has 6 heteroatoms. The van der Waals surface area contributed by atoms with Gasteiger partial charge in [-0.05, 0) is 25.7 Å². The zero-order chi connectivity index (χ0) is 15.1. The van der Waals surface area contributed by atoms with Crippen LogP contribution in [0, 0.1) is 5.92 Å². The Hall–Kier alpha value is -1.30. The summed E-state index contributed by atoms with van der Waals surface area (Å²) in [5.74, 6) is -1.08. The Morgan fingerprint density at radius 1 is 1.45 bits per heavy atom. The third-order valence-electron chi connectivity index (χ3n) is 3.87. The number of rotatable bonds is 7. The number of carboxylic acids is 1. The lowest BCUT2D eigenvalue weighted by Crippen LogP contribution is -2.51. The summed E-state index contributed by atoms with van der Waals surface area (Å²) in [6, 6.07) is -1.17. The zero-order valence-electron chi connectivity index (χ0n) is 12.6.